The van der Waals surface area contributed by atoms with Gasteiger partial charge >= 0.3 is 0 Å². The second-order valence-corrected chi connectivity index (χ2v) is 7.13. The van der Waals surface area contributed by atoms with Crippen molar-refractivity contribution in [3.8, 4) is 0 Å². The van der Waals surface area contributed by atoms with Crippen LogP contribution in [0.4, 0.5) is 8.78 Å². The van der Waals surface area contributed by atoms with Crippen molar-refractivity contribution in [2.75, 3.05) is 0 Å². The molecular formula is C19H20F2S. The quantitative estimate of drug-likeness (QED) is 0.568. The molecule has 0 N–H and O–H groups in total. The zero-order valence-electron chi connectivity index (χ0n) is 18.8. The molecule has 1 atom stereocenters. The van der Waals surface area contributed by atoms with Gasteiger partial charge in [-0.2, -0.15) is 0 Å². The molecule has 0 bridgehead atoms. The van der Waals surface area contributed by atoms with Gasteiger partial charge in [-0.15, -0.1) is 11.8 Å². The highest BCUT2D eigenvalue weighted by Gasteiger charge is 2.34. The smallest absolute Gasteiger partial charge is 0.163 e. The first kappa shape index (κ1) is 9.71. The monoisotopic (exact) mass is 324 g/mol. The normalized spacial score (nSPS) is 27.2. The molecule has 2 aromatic rings. The number of benzene rings is 2. The van der Waals surface area contributed by atoms with Gasteiger partial charge in [0, 0.05) is 26.2 Å². The standard InChI is InChI=1S/C19H20F2S/c1-11-5-6-13-16(9-11)22-10-14-12(17(13)19(2,3)4)7-8-15(20)18(14)21/h5-9,17H,10H2,1-4H3/t17-/m0/s1/i5D,6D,9D,10D2,17D. The van der Waals surface area contributed by atoms with Crippen LogP contribution in [0.15, 0.2) is 35.2 Å². The second kappa shape index (κ2) is 5.38. The summed E-state index contributed by atoms with van der Waals surface area (Å²) in [5, 5.41) is 0. The second-order valence-electron chi connectivity index (χ2n) is 6.32. The zero-order valence-corrected chi connectivity index (χ0v) is 13.6. The molecular weight excluding hydrogens is 298 g/mol. The number of fused-ring (bicyclic) bond motifs is 2. The Balaban J connectivity index is 2.64. The Kier molecular flexibility index (Phi) is 2.37. The van der Waals surface area contributed by atoms with Gasteiger partial charge in [-0.3, -0.25) is 0 Å². The van der Waals surface area contributed by atoms with Crippen LogP contribution in [0, 0.1) is 24.0 Å². The highest BCUT2D eigenvalue weighted by Crippen LogP contribution is 2.49. The molecule has 22 heavy (non-hydrogen) atoms. The maximum Gasteiger partial charge on any atom is 0.163 e. The van der Waals surface area contributed by atoms with E-state index in [1.54, 1.807) is 20.8 Å². The number of rotatable bonds is 0. The Morgan fingerprint density at radius 1 is 1.27 bits per heavy atom. The number of halogens is 2. The lowest BCUT2D eigenvalue weighted by Gasteiger charge is -2.33. The Labute approximate surface area is 143 Å². The summed E-state index contributed by atoms with van der Waals surface area (Å²) in [7, 11) is 0. The van der Waals surface area contributed by atoms with Crippen molar-refractivity contribution in [1.82, 2.24) is 0 Å². The molecule has 1 heterocycles. The van der Waals surface area contributed by atoms with E-state index in [0.29, 0.717) is 11.8 Å². The number of hydrogen-bond donors (Lipinski definition) is 0. The largest absolute Gasteiger partial charge is 0.204 e. The number of hydrogen-bond acceptors (Lipinski definition) is 1. The molecule has 0 nitrogen and oxygen atoms in total. The highest BCUT2D eigenvalue weighted by atomic mass is 32.2. The molecule has 1 aliphatic heterocycles. The van der Waals surface area contributed by atoms with Crippen molar-refractivity contribution in [3.63, 3.8) is 0 Å². The molecule has 0 saturated heterocycles. The van der Waals surface area contributed by atoms with Crippen LogP contribution in [0.1, 0.15) is 57.1 Å². The molecule has 2 aromatic carbocycles. The van der Waals surface area contributed by atoms with E-state index in [9.17, 15) is 10.2 Å². The van der Waals surface area contributed by atoms with Crippen LogP contribution in [-0.2, 0) is 5.70 Å². The maximum atomic E-state index is 14.8. The van der Waals surface area contributed by atoms with Gasteiger partial charge in [0.05, 0.1) is 4.11 Å². The van der Waals surface area contributed by atoms with Crippen LogP contribution in [0.3, 0.4) is 0 Å². The molecule has 0 saturated carbocycles. The highest BCUT2D eigenvalue weighted by molar-refractivity contribution is 7.98. The van der Waals surface area contributed by atoms with Gasteiger partial charge in [-0.25, -0.2) is 8.78 Å². The predicted octanol–water partition coefficient (Wildman–Crippen LogP) is 6.06. The Morgan fingerprint density at radius 2 is 2.00 bits per heavy atom. The maximum absolute atomic E-state index is 14.8. The molecule has 0 aliphatic carbocycles. The summed E-state index contributed by atoms with van der Waals surface area (Å²) < 4.78 is 80.3. The summed E-state index contributed by atoms with van der Waals surface area (Å²) in [6, 6.07) is 1.35. The molecule has 0 unspecified atom stereocenters. The van der Waals surface area contributed by atoms with E-state index < -0.39 is 34.2 Å². The lowest BCUT2D eigenvalue weighted by molar-refractivity contribution is 0.353. The topological polar surface area (TPSA) is 0 Å². The van der Waals surface area contributed by atoms with Crippen molar-refractivity contribution < 1.29 is 17.0 Å². The van der Waals surface area contributed by atoms with Crippen LogP contribution in [0.25, 0.3) is 0 Å². The van der Waals surface area contributed by atoms with Gasteiger partial charge in [0.2, 0.25) is 0 Å². The SMILES string of the molecule is [2H]c1c([2H])c2c(c([2H])c1C)SC([2H])([2H])c1c(ccc(F)c1F)[C@]2([2H])C(C)(C)C. The zero-order chi connectivity index (χ0) is 21.4. The minimum atomic E-state index is -2.47. The van der Waals surface area contributed by atoms with E-state index in [4.69, 9.17) is 6.85 Å². The van der Waals surface area contributed by atoms with Crippen LogP contribution in [-0.4, -0.2) is 0 Å². The van der Waals surface area contributed by atoms with E-state index in [1.807, 2.05) is 0 Å². The molecule has 1 aliphatic rings. The van der Waals surface area contributed by atoms with Crippen molar-refractivity contribution in [3.05, 3.63) is 64.1 Å². The number of thioether (sulfide) groups is 1. The average Bonchev–Trinajstić information content (AvgIpc) is 2.66. The molecule has 0 aromatic heterocycles. The lowest BCUT2D eigenvalue weighted by Crippen LogP contribution is -2.21. The molecule has 116 valence electrons. The van der Waals surface area contributed by atoms with Crippen molar-refractivity contribution in [2.45, 2.75) is 44.2 Å². The van der Waals surface area contributed by atoms with Crippen molar-refractivity contribution in [2.24, 2.45) is 5.41 Å². The van der Waals surface area contributed by atoms with E-state index in [2.05, 4.69) is 0 Å². The van der Waals surface area contributed by atoms with Crippen LogP contribution >= 0.6 is 11.8 Å². The fraction of sp³-hybridized carbons (Fsp3) is 0.368. The van der Waals surface area contributed by atoms with Gasteiger partial charge < -0.3 is 0 Å². The lowest BCUT2D eigenvalue weighted by atomic mass is 9.71. The molecule has 3 rings (SSSR count). The predicted molar refractivity (Wildman–Crippen MR) is 88.4 cm³/mol. The van der Waals surface area contributed by atoms with Gasteiger partial charge in [0.15, 0.2) is 11.6 Å². The third-order valence-electron chi connectivity index (χ3n) is 3.52. The molecule has 0 fully saturated rings. The summed E-state index contributed by atoms with van der Waals surface area (Å²) in [5.41, 5.74) is -3.96. The van der Waals surface area contributed by atoms with E-state index >= 15 is 0 Å². The van der Waals surface area contributed by atoms with Crippen LogP contribution < -0.4 is 0 Å². The van der Waals surface area contributed by atoms with Gasteiger partial charge in [0.1, 0.15) is 0 Å². The fourth-order valence-electron chi connectivity index (χ4n) is 2.60. The molecule has 0 amide bonds. The van der Waals surface area contributed by atoms with Crippen LogP contribution in [0.2, 0.25) is 0 Å². The summed E-state index contributed by atoms with van der Waals surface area (Å²) in [5.74, 6) is -4.47. The minimum absolute atomic E-state index is 0.0146. The first-order valence-corrected chi connectivity index (χ1v) is 7.76. The first-order chi connectivity index (χ1) is 12.7. The first-order valence-electron chi connectivity index (χ1n) is 9.95. The average molecular weight is 324 g/mol. The summed E-state index contributed by atoms with van der Waals surface area (Å²) >= 11 is 0.498. The molecule has 3 heteroatoms. The van der Waals surface area contributed by atoms with Gasteiger partial charge in [-0.05, 0) is 41.1 Å². The van der Waals surface area contributed by atoms with E-state index in [-0.39, 0.29) is 39.7 Å². The molecule has 0 radical (unpaired) electrons. The Morgan fingerprint density at radius 3 is 2.68 bits per heavy atom. The van der Waals surface area contributed by atoms with Crippen molar-refractivity contribution >= 4 is 11.8 Å². The third-order valence-corrected chi connectivity index (χ3v) is 4.34. The van der Waals surface area contributed by atoms with Crippen LogP contribution in [0.5, 0.6) is 0 Å². The minimum Gasteiger partial charge on any atom is -0.204 e. The van der Waals surface area contributed by atoms with E-state index in [1.165, 1.54) is 13.0 Å². The third kappa shape index (κ3) is 2.56. The van der Waals surface area contributed by atoms with E-state index in [0.717, 1.165) is 6.07 Å². The summed E-state index contributed by atoms with van der Waals surface area (Å²) in [4.78, 5) is 0.0180. The Bertz CT molecular complexity index is 999. The Hall–Kier alpha value is -1.35. The molecule has 0 spiro atoms. The van der Waals surface area contributed by atoms with Crippen molar-refractivity contribution in [1.29, 1.82) is 0 Å². The summed E-state index contributed by atoms with van der Waals surface area (Å²) in [6.45, 7) is 6.55. The van der Waals surface area contributed by atoms with Gasteiger partial charge in [0.25, 0.3) is 0 Å². The fourth-order valence-corrected chi connectivity index (χ4v) is 3.47. The van der Waals surface area contributed by atoms with Gasteiger partial charge in [-0.1, -0.05) is 38.9 Å². The summed E-state index contributed by atoms with van der Waals surface area (Å²) in [6.07, 6.45) is 0.